The van der Waals surface area contributed by atoms with Crippen molar-refractivity contribution in [2.24, 2.45) is 11.8 Å². The Balaban J connectivity index is 1.38. The number of nitrogens with zero attached hydrogens (tertiary/aromatic N) is 1. The first-order valence-electron chi connectivity index (χ1n) is 10.9. The number of likely N-dealkylation sites (tertiary alicyclic amines) is 1. The lowest BCUT2D eigenvalue weighted by atomic mass is 9.85. The summed E-state index contributed by atoms with van der Waals surface area (Å²) in [6.45, 7) is 1.80. The average Bonchev–Trinajstić information content (AvgIpc) is 3.58. The summed E-state index contributed by atoms with van der Waals surface area (Å²) in [5.74, 6) is 2.66. The molecule has 1 heterocycles. The van der Waals surface area contributed by atoms with Crippen LogP contribution in [0.15, 0.2) is 48.5 Å². The lowest BCUT2D eigenvalue weighted by Gasteiger charge is -2.39. The second-order valence-corrected chi connectivity index (χ2v) is 8.54. The van der Waals surface area contributed by atoms with E-state index in [1.165, 1.54) is 5.56 Å². The van der Waals surface area contributed by atoms with Gasteiger partial charge in [0.1, 0.15) is 11.5 Å². The van der Waals surface area contributed by atoms with E-state index < -0.39 is 0 Å². The number of amides is 1. The molecule has 1 N–H and O–H groups in total. The zero-order chi connectivity index (χ0) is 21.1. The van der Waals surface area contributed by atoms with Gasteiger partial charge in [-0.25, -0.2) is 0 Å². The fourth-order valence-electron chi connectivity index (χ4n) is 4.97. The van der Waals surface area contributed by atoms with Crippen molar-refractivity contribution in [3.8, 4) is 11.5 Å². The maximum absolute atomic E-state index is 12.9. The maximum atomic E-state index is 12.9. The Hall–Kier alpha value is -2.53. The van der Waals surface area contributed by atoms with Crippen LogP contribution in [0.1, 0.15) is 42.3 Å². The summed E-state index contributed by atoms with van der Waals surface area (Å²) in [6.07, 6.45) is 3.19. The van der Waals surface area contributed by atoms with Crippen molar-refractivity contribution in [2.45, 2.75) is 31.2 Å². The second-order valence-electron chi connectivity index (χ2n) is 8.54. The van der Waals surface area contributed by atoms with Gasteiger partial charge in [0.15, 0.2) is 0 Å². The summed E-state index contributed by atoms with van der Waals surface area (Å²) in [7, 11) is 5.56. The van der Waals surface area contributed by atoms with E-state index >= 15 is 0 Å². The standard InChI is InChI=1S/C25H32N2O3/c1-27-14-6-7-18(24(27)17-10-12-19(29-2)13-11-17)16-26-25(28)22-15-21(22)20-8-4-5-9-23(20)30-3/h4-5,8-13,18,21-22,24H,6-7,14-16H2,1-3H3,(H,26,28). The van der Waals surface area contributed by atoms with Crippen LogP contribution in [-0.4, -0.2) is 45.2 Å². The van der Waals surface area contributed by atoms with Crippen molar-refractivity contribution in [1.29, 1.82) is 0 Å². The number of benzene rings is 2. The Bertz CT molecular complexity index is 867. The normalized spacial score (nSPS) is 26.1. The van der Waals surface area contributed by atoms with E-state index in [4.69, 9.17) is 9.47 Å². The molecule has 160 valence electrons. The fourth-order valence-corrected chi connectivity index (χ4v) is 4.97. The summed E-state index contributed by atoms with van der Waals surface area (Å²) in [4.78, 5) is 15.3. The first-order valence-corrected chi connectivity index (χ1v) is 10.9. The third kappa shape index (κ3) is 4.31. The van der Waals surface area contributed by atoms with Crippen molar-refractivity contribution in [2.75, 3.05) is 34.4 Å². The molecule has 0 spiro atoms. The molecule has 1 amide bonds. The van der Waals surface area contributed by atoms with E-state index in [2.05, 4.69) is 35.5 Å². The third-order valence-electron chi connectivity index (χ3n) is 6.67. The Labute approximate surface area is 179 Å². The summed E-state index contributed by atoms with van der Waals surface area (Å²) in [5, 5.41) is 3.26. The van der Waals surface area contributed by atoms with Gasteiger partial charge >= 0.3 is 0 Å². The predicted molar refractivity (Wildman–Crippen MR) is 118 cm³/mol. The fraction of sp³-hybridized carbons (Fsp3) is 0.480. The lowest BCUT2D eigenvalue weighted by molar-refractivity contribution is -0.122. The Morgan fingerprint density at radius 1 is 1.10 bits per heavy atom. The van der Waals surface area contributed by atoms with E-state index in [0.29, 0.717) is 12.0 Å². The van der Waals surface area contributed by atoms with Crippen LogP contribution in [-0.2, 0) is 4.79 Å². The highest BCUT2D eigenvalue weighted by molar-refractivity contribution is 5.83. The molecule has 1 saturated heterocycles. The highest BCUT2D eigenvalue weighted by Crippen LogP contribution is 2.50. The van der Waals surface area contributed by atoms with Gasteiger partial charge in [0.2, 0.25) is 5.91 Å². The van der Waals surface area contributed by atoms with Crippen molar-refractivity contribution in [1.82, 2.24) is 10.2 Å². The Kier molecular flexibility index (Phi) is 6.28. The molecule has 2 fully saturated rings. The minimum atomic E-state index is 0.0575. The number of nitrogens with one attached hydrogen (secondary N) is 1. The molecule has 2 aromatic carbocycles. The first kappa shape index (κ1) is 20.7. The number of methoxy groups -OCH3 is 2. The molecule has 1 aliphatic carbocycles. The number of ether oxygens (including phenoxy) is 2. The number of rotatable bonds is 7. The summed E-state index contributed by atoms with van der Waals surface area (Å²) < 4.78 is 10.8. The second kappa shape index (κ2) is 9.09. The van der Waals surface area contributed by atoms with Crippen LogP contribution in [0.4, 0.5) is 0 Å². The van der Waals surface area contributed by atoms with Gasteiger partial charge in [-0.2, -0.15) is 0 Å². The van der Waals surface area contributed by atoms with Crippen molar-refractivity contribution in [3.63, 3.8) is 0 Å². The van der Waals surface area contributed by atoms with E-state index in [1.807, 2.05) is 30.3 Å². The molecule has 1 aliphatic heterocycles. The van der Waals surface area contributed by atoms with Gasteiger partial charge in [0, 0.05) is 18.5 Å². The van der Waals surface area contributed by atoms with Gasteiger partial charge in [-0.15, -0.1) is 0 Å². The highest BCUT2D eigenvalue weighted by Gasteiger charge is 2.45. The van der Waals surface area contributed by atoms with Crippen molar-refractivity contribution >= 4 is 5.91 Å². The molecule has 2 aromatic rings. The topological polar surface area (TPSA) is 50.8 Å². The largest absolute Gasteiger partial charge is 0.497 e. The molecular weight excluding hydrogens is 376 g/mol. The van der Waals surface area contributed by atoms with Crippen molar-refractivity contribution in [3.05, 3.63) is 59.7 Å². The summed E-state index contributed by atoms with van der Waals surface area (Å²) in [6, 6.07) is 16.7. The van der Waals surface area contributed by atoms with Gasteiger partial charge in [-0.05, 0) is 74.0 Å². The van der Waals surface area contributed by atoms with Crippen LogP contribution in [0.5, 0.6) is 11.5 Å². The van der Waals surface area contributed by atoms with Crippen LogP contribution in [0.25, 0.3) is 0 Å². The minimum Gasteiger partial charge on any atom is -0.497 e. The summed E-state index contributed by atoms with van der Waals surface area (Å²) >= 11 is 0. The number of para-hydroxylation sites is 1. The Morgan fingerprint density at radius 3 is 2.60 bits per heavy atom. The number of carbonyl (C=O) groups excluding carboxylic acids is 1. The molecule has 5 nitrogen and oxygen atoms in total. The SMILES string of the molecule is COc1ccc(C2C(CNC(=O)C3CC3c3ccccc3OC)CCCN2C)cc1. The number of piperidine rings is 1. The number of hydrogen-bond acceptors (Lipinski definition) is 4. The van der Waals surface area contributed by atoms with Gasteiger partial charge < -0.3 is 14.8 Å². The van der Waals surface area contributed by atoms with Gasteiger partial charge in [-0.3, -0.25) is 9.69 Å². The van der Waals surface area contributed by atoms with Crippen LogP contribution in [0.2, 0.25) is 0 Å². The van der Waals surface area contributed by atoms with Crippen LogP contribution in [0, 0.1) is 11.8 Å². The number of hydrogen-bond donors (Lipinski definition) is 1. The molecule has 0 aromatic heterocycles. The van der Waals surface area contributed by atoms with Crippen LogP contribution in [0.3, 0.4) is 0 Å². The van der Waals surface area contributed by atoms with E-state index in [0.717, 1.165) is 49.4 Å². The zero-order valence-electron chi connectivity index (χ0n) is 18.1. The Morgan fingerprint density at radius 2 is 1.87 bits per heavy atom. The predicted octanol–water partition coefficient (Wildman–Crippen LogP) is 4.01. The first-order chi connectivity index (χ1) is 14.6. The molecule has 4 rings (SSSR count). The van der Waals surface area contributed by atoms with E-state index in [9.17, 15) is 4.79 Å². The van der Waals surface area contributed by atoms with E-state index in [1.54, 1.807) is 14.2 Å². The van der Waals surface area contributed by atoms with Gasteiger partial charge in [0.25, 0.3) is 0 Å². The minimum absolute atomic E-state index is 0.0575. The zero-order valence-corrected chi connectivity index (χ0v) is 18.1. The molecule has 0 bridgehead atoms. The van der Waals surface area contributed by atoms with Gasteiger partial charge in [0.05, 0.1) is 14.2 Å². The smallest absolute Gasteiger partial charge is 0.223 e. The summed E-state index contributed by atoms with van der Waals surface area (Å²) in [5.41, 5.74) is 2.43. The monoisotopic (exact) mass is 408 g/mol. The molecule has 2 aliphatic rings. The van der Waals surface area contributed by atoms with E-state index in [-0.39, 0.29) is 17.7 Å². The molecule has 0 radical (unpaired) electrons. The quantitative estimate of drug-likeness (QED) is 0.752. The molecule has 1 saturated carbocycles. The average molecular weight is 409 g/mol. The van der Waals surface area contributed by atoms with Gasteiger partial charge in [-0.1, -0.05) is 30.3 Å². The third-order valence-corrected chi connectivity index (χ3v) is 6.67. The molecular formula is C25H32N2O3. The van der Waals surface area contributed by atoms with Crippen molar-refractivity contribution < 1.29 is 14.3 Å². The maximum Gasteiger partial charge on any atom is 0.223 e. The molecule has 4 atom stereocenters. The molecule has 5 heteroatoms. The lowest BCUT2D eigenvalue weighted by Crippen LogP contribution is -2.42. The number of carbonyl (C=O) groups is 1. The van der Waals surface area contributed by atoms with Crippen LogP contribution >= 0.6 is 0 Å². The molecule has 30 heavy (non-hydrogen) atoms. The van der Waals surface area contributed by atoms with Crippen LogP contribution < -0.4 is 14.8 Å². The highest BCUT2D eigenvalue weighted by atomic mass is 16.5. The molecule has 4 unspecified atom stereocenters.